The van der Waals surface area contributed by atoms with E-state index < -0.39 is 29.9 Å². The number of aliphatic imine (C=N–C) groups is 1. The van der Waals surface area contributed by atoms with Gasteiger partial charge in [0.05, 0.1) is 12.9 Å². The molecule has 0 aliphatic rings. The molecular formula is C45H84N6O9. The molecular weight excluding hydrogens is 769 g/mol. The Kier molecular flexibility index (Phi) is 44.1. The molecule has 15 heteroatoms. The van der Waals surface area contributed by atoms with Gasteiger partial charge in [0.15, 0.2) is 0 Å². The molecule has 0 fully saturated rings. The van der Waals surface area contributed by atoms with E-state index in [1.165, 1.54) is 44.9 Å². The number of carbonyl (C=O) groups is 5. The van der Waals surface area contributed by atoms with Gasteiger partial charge in [-0.05, 0) is 62.7 Å². The van der Waals surface area contributed by atoms with Crippen molar-refractivity contribution >= 4 is 41.8 Å². The fourth-order valence-corrected chi connectivity index (χ4v) is 5.14. The van der Waals surface area contributed by atoms with Crippen LogP contribution in [0.5, 0.6) is 0 Å². The molecule has 0 saturated heterocycles. The van der Waals surface area contributed by atoms with Gasteiger partial charge in [-0.15, -0.1) is 0 Å². The third kappa shape index (κ3) is 39.0. The summed E-state index contributed by atoms with van der Waals surface area (Å²) in [6.45, 7) is 20.5. The molecule has 15 nitrogen and oxygen atoms in total. The normalized spacial score (nSPS) is 11.9. The smallest absolute Gasteiger partial charge is 0.320 e. The number of rotatable bonds is 26. The Morgan fingerprint density at radius 2 is 1.28 bits per heavy atom. The van der Waals surface area contributed by atoms with Gasteiger partial charge in [0.2, 0.25) is 5.91 Å². The SMILES string of the molecule is CCC(=O)O.CCC(=O)O.CCCCCCC(C)CC.CCCN(CCN(CCC)C(CCC(=O)NCc1ccc(/C(N)=C(/C)CC)cc1)C(=O)O)CC(=O)O.CN=CN. The third-order valence-corrected chi connectivity index (χ3v) is 9.23. The van der Waals surface area contributed by atoms with Crippen molar-refractivity contribution in [2.45, 2.75) is 158 Å². The van der Waals surface area contributed by atoms with Crippen LogP contribution in [0.3, 0.4) is 0 Å². The second-order valence-electron chi connectivity index (χ2n) is 14.4. The molecule has 1 aromatic rings. The van der Waals surface area contributed by atoms with Crippen LogP contribution < -0.4 is 16.8 Å². The van der Waals surface area contributed by atoms with Crippen molar-refractivity contribution in [3.05, 3.63) is 41.0 Å². The topological polar surface area (TPSA) is 249 Å². The molecule has 1 aromatic carbocycles. The zero-order valence-corrected chi connectivity index (χ0v) is 38.8. The molecule has 2 atom stereocenters. The number of amides is 1. The Morgan fingerprint density at radius 3 is 1.68 bits per heavy atom. The lowest BCUT2D eigenvalue weighted by atomic mass is 10.0. The molecule has 0 aromatic heterocycles. The van der Waals surface area contributed by atoms with Gasteiger partial charge in [0.25, 0.3) is 0 Å². The Morgan fingerprint density at radius 1 is 0.750 bits per heavy atom. The number of hydrogen-bond acceptors (Lipinski definition) is 9. The van der Waals surface area contributed by atoms with Crippen LogP contribution in [0, 0.1) is 5.92 Å². The monoisotopic (exact) mass is 853 g/mol. The van der Waals surface area contributed by atoms with Crippen molar-refractivity contribution in [2.75, 3.05) is 39.8 Å². The fraction of sp³-hybridized carbons (Fsp3) is 0.689. The van der Waals surface area contributed by atoms with Crippen LogP contribution in [0.4, 0.5) is 0 Å². The molecule has 60 heavy (non-hydrogen) atoms. The maximum Gasteiger partial charge on any atom is 0.320 e. The Hall–Kier alpha value is -4.50. The quantitative estimate of drug-likeness (QED) is 0.0268. The Balaban J connectivity index is -0.000000526. The number of carboxylic acids is 4. The zero-order valence-electron chi connectivity index (χ0n) is 38.8. The van der Waals surface area contributed by atoms with Gasteiger partial charge in [-0.25, -0.2) is 0 Å². The first-order chi connectivity index (χ1) is 28.4. The number of unbranched alkanes of at least 4 members (excludes halogenated alkanes) is 3. The fourth-order valence-electron chi connectivity index (χ4n) is 5.14. The summed E-state index contributed by atoms with van der Waals surface area (Å²) >= 11 is 0. The number of hydrogen-bond donors (Lipinski definition) is 7. The summed E-state index contributed by atoms with van der Waals surface area (Å²) < 4.78 is 0. The number of allylic oxidation sites excluding steroid dienone is 1. The standard InChI is InChI=1S/C27H44N4O5.C10H22.2C3H6O2.C2H6N2/c1-5-14-30(19-25(33)34)16-17-31(15-6-2)23(27(35)36)12-13-24(32)29-18-21-8-10-22(11-9-21)26(28)20(4)7-3;1-4-6-7-8-9-10(3)5-2;2*1-2-3(4)5;1-4-2-3/h8-11,23H,5-7,12-19,28H2,1-4H3,(H,29,32)(H,33,34)(H,35,36);10H,4-9H2,1-3H3;2*2H2,1H3,(H,4,5);2H,1H3,(H2,3,4)/b26-20+;;;;. The predicted molar refractivity (Wildman–Crippen MR) is 245 cm³/mol. The molecule has 0 radical (unpaired) electrons. The highest BCUT2D eigenvalue weighted by Crippen LogP contribution is 2.17. The third-order valence-electron chi connectivity index (χ3n) is 9.23. The van der Waals surface area contributed by atoms with Crippen molar-refractivity contribution in [3.63, 3.8) is 0 Å². The first-order valence-corrected chi connectivity index (χ1v) is 21.7. The van der Waals surface area contributed by atoms with Crippen molar-refractivity contribution < 1.29 is 44.4 Å². The van der Waals surface area contributed by atoms with E-state index in [1.54, 1.807) is 20.9 Å². The van der Waals surface area contributed by atoms with Gasteiger partial charge in [0, 0.05) is 51.6 Å². The average molecular weight is 853 g/mol. The number of carbonyl (C=O) groups excluding carboxylic acids is 1. The number of nitrogens with zero attached hydrogens (tertiary/aromatic N) is 3. The Labute approximate surface area is 362 Å². The van der Waals surface area contributed by atoms with Crippen molar-refractivity contribution in [3.8, 4) is 0 Å². The molecule has 0 heterocycles. The minimum absolute atomic E-state index is 0.0734. The second-order valence-corrected chi connectivity index (χ2v) is 14.4. The zero-order chi connectivity index (χ0) is 46.9. The van der Waals surface area contributed by atoms with Crippen LogP contribution in [-0.2, 0) is 30.5 Å². The molecule has 0 spiro atoms. The van der Waals surface area contributed by atoms with E-state index in [1.807, 2.05) is 54.8 Å². The van der Waals surface area contributed by atoms with Crippen LogP contribution >= 0.6 is 0 Å². The minimum Gasteiger partial charge on any atom is -0.481 e. The maximum atomic E-state index is 12.5. The maximum absolute atomic E-state index is 12.5. The largest absolute Gasteiger partial charge is 0.481 e. The number of nitrogens with one attached hydrogen (secondary N) is 1. The summed E-state index contributed by atoms with van der Waals surface area (Å²) in [4.78, 5) is 61.4. The number of nitrogens with two attached hydrogens (primary N) is 2. The first kappa shape index (κ1) is 62.2. The van der Waals surface area contributed by atoms with E-state index in [2.05, 4.69) is 38.0 Å². The molecule has 0 aliphatic carbocycles. The minimum atomic E-state index is -0.972. The lowest BCUT2D eigenvalue weighted by Crippen LogP contribution is -2.46. The van der Waals surface area contributed by atoms with Crippen molar-refractivity contribution in [1.29, 1.82) is 0 Å². The lowest BCUT2D eigenvalue weighted by molar-refractivity contribution is -0.144. The van der Waals surface area contributed by atoms with Gasteiger partial charge >= 0.3 is 23.9 Å². The van der Waals surface area contributed by atoms with E-state index in [4.69, 9.17) is 26.8 Å². The molecule has 2 unspecified atom stereocenters. The van der Waals surface area contributed by atoms with Gasteiger partial charge in [-0.1, -0.05) is 124 Å². The van der Waals surface area contributed by atoms with Crippen LogP contribution in [0.25, 0.3) is 5.70 Å². The molecule has 0 saturated carbocycles. The first-order valence-electron chi connectivity index (χ1n) is 21.7. The number of benzene rings is 1. The molecule has 9 N–H and O–H groups in total. The van der Waals surface area contributed by atoms with Gasteiger partial charge < -0.3 is 37.2 Å². The molecule has 0 bridgehead atoms. The molecule has 348 valence electrons. The van der Waals surface area contributed by atoms with E-state index in [0.717, 1.165) is 47.6 Å². The predicted octanol–water partition coefficient (Wildman–Crippen LogP) is 7.71. The summed E-state index contributed by atoms with van der Waals surface area (Å²) in [5, 5.41) is 37.3. The van der Waals surface area contributed by atoms with Crippen LogP contribution in [0.2, 0.25) is 0 Å². The summed E-state index contributed by atoms with van der Waals surface area (Å²) in [6, 6.07) is 6.91. The molecule has 1 rings (SSSR count). The van der Waals surface area contributed by atoms with E-state index in [9.17, 15) is 29.1 Å². The summed E-state index contributed by atoms with van der Waals surface area (Å²) in [7, 11) is 1.62. The number of aliphatic carboxylic acids is 4. The van der Waals surface area contributed by atoms with Gasteiger partial charge in [0.1, 0.15) is 6.04 Å². The lowest BCUT2D eigenvalue weighted by Gasteiger charge is -2.31. The summed E-state index contributed by atoms with van der Waals surface area (Å²) in [5.74, 6) is -2.61. The van der Waals surface area contributed by atoms with Crippen LogP contribution in [0.1, 0.15) is 157 Å². The van der Waals surface area contributed by atoms with Crippen LogP contribution in [-0.4, -0.2) is 112 Å². The van der Waals surface area contributed by atoms with E-state index in [-0.39, 0.29) is 38.1 Å². The Bertz CT molecular complexity index is 1300. The summed E-state index contributed by atoms with van der Waals surface area (Å²) in [5.41, 5.74) is 14.7. The van der Waals surface area contributed by atoms with Crippen LogP contribution in [0.15, 0.2) is 34.8 Å². The highest BCUT2D eigenvalue weighted by molar-refractivity contribution is 5.78. The number of carboxylic acid groups (broad SMARTS) is 4. The van der Waals surface area contributed by atoms with E-state index in [0.29, 0.717) is 32.7 Å². The highest BCUT2D eigenvalue weighted by atomic mass is 16.4. The van der Waals surface area contributed by atoms with E-state index >= 15 is 0 Å². The molecule has 0 aliphatic heterocycles. The summed E-state index contributed by atoms with van der Waals surface area (Å²) in [6.07, 6.45) is 12.9. The highest BCUT2D eigenvalue weighted by Gasteiger charge is 2.26. The van der Waals surface area contributed by atoms with Crippen molar-refractivity contribution in [1.82, 2.24) is 15.1 Å². The van der Waals surface area contributed by atoms with Gasteiger partial charge in [-0.2, -0.15) is 0 Å². The average Bonchev–Trinajstić information content (AvgIpc) is 3.23. The second kappa shape index (κ2) is 42.6. The van der Waals surface area contributed by atoms with Crippen molar-refractivity contribution in [2.24, 2.45) is 22.4 Å². The van der Waals surface area contributed by atoms with Gasteiger partial charge in [-0.3, -0.25) is 38.8 Å². The molecule has 1 amide bonds.